The number of nitrogens with zero attached hydrogens (tertiary/aromatic N) is 1. The number of rotatable bonds is 3. The fourth-order valence-corrected chi connectivity index (χ4v) is 1.82. The Morgan fingerprint density at radius 1 is 1.42 bits per heavy atom. The predicted octanol–water partition coefficient (Wildman–Crippen LogP) is 1.61. The number of nitrogens with two attached hydrogens (primary N) is 1. The number of nitrogen functional groups attached to an aromatic ring is 1. The molecule has 2 aromatic rings. The number of pyridine rings is 1. The first-order valence-electron chi connectivity index (χ1n) is 5.69. The van der Waals surface area contributed by atoms with Gasteiger partial charge in [-0.25, -0.2) is 9.78 Å². The fourth-order valence-electron chi connectivity index (χ4n) is 1.82. The highest BCUT2D eigenvalue weighted by atomic mass is 16.5. The van der Waals surface area contributed by atoms with Crippen LogP contribution in [0.1, 0.15) is 15.9 Å². The molecule has 98 valence electrons. The summed E-state index contributed by atoms with van der Waals surface area (Å²) in [6.45, 7) is -0.0657. The molecule has 2 rings (SSSR count). The lowest BCUT2D eigenvalue weighted by Gasteiger charge is -2.09. The Kier molecular flexibility index (Phi) is 3.77. The monoisotopic (exact) mass is 258 g/mol. The van der Waals surface area contributed by atoms with Crippen LogP contribution < -0.4 is 5.73 Å². The van der Waals surface area contributed by atoms with E-state index < -0.39 is 5.97 Å². The van der Waals surface area contributed by atoms with Gasteiger partial charge in [0.15, 0.2) is 0 Å². The molecule has 0 fully saturated rings. The predicted molar refractivity (Wildman–Crippen MR) is 71.3 cm³/mol. The number of methoxy groups -OCH3 is 1. The lowest BCUT2D eigenvalue weighted by Crippen LogP contribution is -2.06. The minimum atomic E-state index is -0.474. The van der Waals surface area contributed by atoms with Crippen LogP contribution in [-0.4, -0.2) is 23.2 Å². The van der Waals surface area contributed by atoms with Gasteiger partial charge in [0, 0.05) is 11.8 Å². The highest BCUT2D eigenvalue weighted by Gasteiger charge is 2.14. The number of hydrogen-bond acceptors (Lipinski definition) is 5. The molecule has 0 radical (unpaired) electrons. The number of aliphatic hydroxyl groups excluding tert-OH is 1. The molecule has 5 heteroatoms. The molecule has 1 heterocycles. The number of carbonyl (C=O) groups is 1. The van der Waals surface area contributed by atoms with E-state index in [9.17, 15) is 4.79 Å². The van der Waals surface area contributed by atoms with Gasteiger partial charge in [0.1, 0.15) is 5.82 Å². The van der Waals surface area contributed by atoms with Crippen LogP contribution in [0.4, 0.5) is 5.82 Å². The molecule has 0 aliphatic carbocycles. The molecule has 0 atom stereocenters. The van der Waals surface area contributed by atoms with Crippen molar-refractivity contribution < 1.29 is 14.6 Å². The van der Waals surface area contributed by atoms with E-state index >= 15 is 0 Å². The Bertz CT molecular complexity index is 611. The number of benzene rings is 1. The van der Waals surface area contributed by atoms with Crippen LogP contribution in [0, 0.1) is 0 Å². The summed E-state index contributed by atoms with van der Waals surface area (Å²) in [5.74, 6) is -0.221. The van der Waals surface area contributed by atoms with Gasteiger partial charge in [0.05, 0.1) is 19.3 Å². The van der Waals surface area contributed by atoms with Gasteiger partial charge in [-0.05, 0) is 23.3 Å². The van der Waals surface area contributed by atoms with Crippen molar-refractivity contribution in [3.63, 3.8) is 0 Å². The molecule has 5 nitrogen and oxygen atoms in total. The Balaban J connectivity index is 2.57. The van der Waals surface area contributed by atoms with Crippen LogP contribution in [0.25, 0.3) is 11.1 Å². The number of hydrogen-bond donors (Lipinski definition) is 2. The van der Waals surface area contributed by atoms with E-state index in [1.54, 1.807) is 18.2 Å². The van der Waals surface area contributed by atoms with Gasteiger partial charge in [0.25, 0.3) is 0 Å². The number of esters is 1. The number of aliphatic hydroxyl groups is 1. The first-order chi connectivity index (χ1) is 9.15. The van der Waals surface area contributed by atoms with Crippen LogP contribution in [0.2, 0.25) is 0 Å². The Labute approximate surface area is 110 Å². The molecule has 0 saturated carbocycles. The van der Waals surface area contributed by atoms with Crippen LogP contribution in [0.15, 0.2) is 36.5 Å². The van der Waals surface area contributed by atoms with Gasteiger partial charge in [-0.2, -0.15) is 0 Å². The van der Waals surface area contributed by atoms with Crippen molar-refractivity contribution in [1.29, 1.82) is 0 Å². The van der Waals surface area contributed by atoms with Gasteiger partial charge in [-0.3, -0.25) is 0 Å². The van der Waals surface area contributed by atoms with Crippen molar-refractivity contribution in [2.24, 2.45) is 0 Å². The van der Waals surface area contributed by atoms with Gasteiger partial charge in [0.2, 0.25) is 0 Å². The summed E-state index contributed by atoms with van der Waals surface area (Å²) in [5.41, 5.74) is 8.10. The zero-order valence-corrected chi connectivity index (χ0v) is 10.5. The first kappa shape index (κ1) is 13.0. The summed E-state index contributed by atoms with van der Waals surface area (Å²) in [4.78, 5) is 15.8. The van der Waals surface area contributed by atoms with Crippen LogP contribution in [0.5, 0.6) is 0 Å². The third-order valence-electron chi connectivity index (χ3n) is 2.75. The van der Waals surface area contributed by atoms with Gasteiger partial charge >= 0.3 is 5.97 Å². The zero-order chi connectivity index (χ0) is 13.8. The van der Waals surface area contributed by atoms with Gasteiger partial charge in [-0.1, -0.05) is 18.2 Å². The minimum absolute atomic E-state index is 0.0657. The average molecular weight is 258 g/mol. The molecule has 0 saturated heterocycles. The number of carbonyl (C=O) groups excluding carboxylic acids is 1. The Morgan fingerprint density at radius 3 is 2.89 bits per heavy atom. The maximum absolute atomic E-state index is 11.8. The highest BCUT2D eigenvalue weighted by molar-refractivity contribution is 5.97. The summed E-state index contributed by atoms with van der Waals surface area (Å²) < 4.78 is 4.74. The molecule has 0 aliphatic heterocycles. The Hall–Kier alpha value is -2.40. The van der Waals surface area contributed by atoms with Gasteiger partial charge < -0.3 is 15.6 Å². The third kappa shape index (κ3) is 2.71. The van der Waals surface area contributed by atoms with E-state index in [2.05, 4.69) is 4.98 Å². The van der Waals surface area contributed by atoms with Crippen molar-refractivity contribution in [2.75, 3.05) is 12.8 Å². The number of ether oxygens (including phenoxy) is 1. The smallest absolute Gasteiger partial charge is 0.338 e. The maximum Gasteiger partial charge on any atom is 0.338 e. The van der Waals surface area contributed by atoms with E-state index in [-0.39, 0.29) is 12.4 Å². The van der Waals surface area contributed by atoms with Crippen LogP contribution >= 0.6 is 0 Å². The summed E-state index contributed by atoms with van der Waals surface area (Å²) >= 11 is 0. The highest BCUT2D eigenvalue weighted by Crippen LogP contribution is 2.25. The molecule has 0 amide bonds. The summed E-state index contributed by atoms with van der Waals surface area (Å²) in [6.07, 6.45) is 1.53. The molecule has 0 spiro atoms. The van der Waals surface area contributed by atoms with E-state index in [0.29, 0.717) is 11.1 Å². The maximum atomic E-state index is 11.8. The molecular weight excluding hydrogens is 244 g/mol. The topological polar surface area (TPSA) is 85.4 Å². The molecule has 19 heavy (non-hydrogen) atoms. The fraction of sp³-hybridized carbons (Fsp3) is 0.143. The summed E-state index contributed by atoms with van der Waals surface area (Å²) in [7, 11) is 1.31. The van der Waals surface area contributed by atoms with Crippen molar-refractivity contribution >= 4 is 11.8 Å². The van der Waals surface area contributed by atoms with Crippen molar-refractivity contribution in [3.05, 3.63) is 47.7 Å². The molecule has 0 bridgehead atoms. The van der Waals surface area contributed by atoms with E-state index in [1.165, 1.54) is 19.4 Å². The zero-order valence-electron chi connectivity index (χ0n) is 10.5. The third-order valence-corrected chi connectivity index (χ3v) is 2.75. The quantitative estimate of drug-likeness (QED) is 0.817. The summed E-state index contributed by atoms with van der Waals surface area (Å²) in [5, 5.41) is 9.15. The first-order valence-corrected chi connectivity index (χ1v) is 5.69. The van der Waals surface area contributed by atoms with Crippen LogP contribution in [0.3, 0.4) is 0 Å². The largest absolute Gasteiger partial charge is 0.465 e. The lowest BCUT2D eigenvalue weighted by molar-refractivity contribution is 0.0601. The second-order valence-electron chi connectivity index (χ2n) is 4.00. The second-order valence-corrected chi connectivity index (χ2v) is 4.00. The number of anilines is 1. The SMILES string of the molecule is COC(=O)c1cc(N)ncc1-c1cccc(CO)c1. The minimum Gasteiger partial charge on any atom is -0.465 e. The molecular formula is C14H14N2O3. The average Bonchev–Trinajstić information content (AvgIpc) is 2.46. The van der Waals surface area contributed by atoms with Crippen LogP contribution in [-0.2, 0) is 11.3 Å². The molecule has 3 N–H and O–H groups in total. The van der Waals surface area contributed by atoms with Crippen molar-refractivity contribution in [1.82, 2.24) is 4.98 Å². The molecule has 1 aromatic heterocycles. The normalized spacial score (nSPS) is 10.2. The van der Waals surface area contributed by atoms with Crippen molar-refractivity contribution in [2.45, 2.75) is 6.61 Å². The van der Waals surface area contributed by atoms with E-state index in [1.807, 2.05) is 6.07 Å². The van der Waals surface area contributed by atoms with E-state index in [4.69, 9.17) is 15.6 Å². The molecule has 0 unspecified atom stereocenters. The second kappa shape index (κ2) is 5.49. The number of aromatic nitrogens is 1. The lowest BCUT2D eigenvalue weighted by atomic mass is 10.00. The Morgan fingerprint density at radius 2 is 2.21 bits per heavy atom. The molecule has 1 aromatic carbocycles. The summed E-state index contributed by atoms with van der Waals surface area (Å²) in [6, 6.07) is 8.70. The molecule has 0 aliphatic rings. The van der Waals surface area contributed by atoms with E-state index in [0.717, 1.165) is 11.1 Å². The standard InChI is InChI=1S/C14H14N2O3/c1-19-14(18)11-6-13(15)16-7-12(11)10-4-2-3-9(5-10)8-17/h2-7,17H,8H2,1H3,(H2,15,16). The van der Waals surface area contributed by atoms with Crippen molar-refractivity contribution in [3.8, 4) is 11.1 Å². The van der Waals surface area contributed by atoms with Gasteiger partial charge in [-0.15, -0.1) is 0 Å².